The summed E-state index contributed by atoms with van der Waals surface area (Å²) in [6.07, 6.45) is -2.59. The molecule has 0 spiro atoms. The van der Waals surface area contributed by atoms with E-state index in [2.05, 4.69) is 5.32 Å². The molecule has 0 amide bonds. The Morgan fingerprint density at radius 1 is 1.14 bits per heavy atom. The molecule has 0 heterocycles. The topological polar surface area (TPSA) is 21.3 Å². The Kier molecular flexibility index (Phi) is 7.11. The van der Waals surface area contributed by atoms with Gasteiger partial charge in [-0.25, -0.2) is 4.39 Å². The van der Waals surface area contributed by atoms with Crippen LogP contribution in [0.4, 0.5) is 17.6 Å². The number of hydrogen-bond acceptors (Lipinski definition) is 2. The minimum absolute atomic E-state index is 0.200. The third-order valence-electron chi connectivity index (χ3n) is 2.81. The van der Waals surface area contributed by atoms with Gasteiger partial charge in [0.25, 0.3) is 0 Å². The van der Waals surface area contributed by atoms with Crippen LogP contribution in [0.15, 0.2) is 18.2 Å². The Labute approximate surface area is 122 Å². The molecule has 6 heteroatoms. The highest BCUT2D eigenvalue weighted by atomic mass is 19.4. The Hall–Kier alpha value is -1.14. The lowest BCUT2D eigenvalue weighted by Gasteiger charge is -2.10. The Morgan fingerprint density at radius 3 is 2.48 bits per heavy atom. The zero-order valence-electron chi connectivity index (χ0n) is 12.3. The van der Waals surface area contributed by atoms with E-state index in [1.54, 1.807) is 0 Å². The molecule has 1 rings (SSSR count). The zero-order valence-corrected chi connectivity index (χ0v) is 12.3. The first-order chi connectivity index (χ1) is 9.79. The van der Waals surface area contributed by atoms with Crippen LogP contribution in [-0.2, 0) is 17.5 Å². The molecule has 120 valence electrons. The van der Waals surface area contributed by atoms with Crippen molar-refractivity contribution in [3.63, 3.8) is 0 Å². The van der Waals surface area contributed by atoms with Crippen LogP contribution in [0.25, 0.3) is 0 Å². The lowest BCUT2D eigenvalue weighted by molar-refractivity contribution is -0.137. The van der Waals surface area contributed by atoms with Crippen molar-refractivity contribution >= 4 is 0 Å². The van der Waals surface area contributed by atoms with E-state index in [9.17, 15) is 17.6 Å². The van der Waals surface area contributed by atoms with Gasteiger partial charge >= 0.3 is 6.18 Å². The fraction of sp³-hybridized carbons (Fsp3) is 0.600. The molecule has 0 atom stereocenters. The largest absolute Gasteiger partial charge is 0.416 e. The Bertz CT molecular complexity index is 432. The first-order valence-electron chi connectivity index (χ1n) is 6.98. The number of ether oxygens (including phenoxy) is 1. The number of halogens is 4. The van der Waals surface area contributed by atoms with Crippen LogP contribution in [-0.4, -0.2) is 19.3 Å². The second kappa shape index (κ2) is 8.34. The SMILES string of the molecule is CC(C)OCCCCNCc1cc(F)cc(C(F)(F)F)c1. The third kappa shape index (κ3) is 7.43. The maximum Gasteiger partial charge on any atom is 0.416 e. The van der Waals surface area contributed by atoms with Crippen LogP contribution in [0.3, 0.4) is 0 Å². The van der Waals surface area contributed by atoms with Gasteiger partial charge in [-0.3, -0.25) is 0 Å². The van der Waals surface area contributed by atoms with Crippen LogP contribution >= 0.6 is 0 Å². The second-order valence-electron chi connectivity index (χ2n) is 5.15. The van der Waals surface area contributed by atoms with E-state index in [0.29, 0.717) is 24.8 Å². The molecule has 0 saturated heterocycles. The van der Waals surface area contributed by atoms with Crippen molar-refractivity contribution in [2.75, 3.05) is 13.2 Å². The molecule has 0 aliphatic heterocycles. The van der Waals surface area contributed by atoms with E-state index in [4.69, 9.17) is 4.74 Å². The van der Waals surface area contributed by atoms with Gasteiger partial charge in [0.2, 0.25) is 0 Å². The van der Waals surface area contributed by atoms with Gasteiger partial charge < -0.3 is 10.1 Å². The molecule has 0 radical (unpaired) electrons. The van der Waals surface area contributed by atoms with E-state index in [-0.39, 0.29) is 12.6 Å². The summed E-state index contributed by atoms with van der Waals surface area (Å²) < 4.78 is 56.2. The van der Waals surface area contributed by atoms with E-state index in [1.165, 1.54) is 0 Å². The molecular weight excluding hydrogens is 286 g/mol. The van der Waals surface area contributed by atoms with Crippen molar-refractivity contribution < 1.29 is 22.3 Å². The quantitative estimate of drug-likeness (QED) is 0.576. The second-order valence-corrected chi connectivity index (χ2v) is 5.15. The van der Waals surface area contributed by atoms with Crippen molar-refractivity contribution in [2.24, 2.45) is 0 Å². The van der Waals surface area contributed by atoms with Gasteiger partial charge in [-0.2, -0.15) is 13.2 Å². The van der Waals surface area contributed by atoms with Crippen LogP contribution in [0.5, 0.6) is 0 Å². The minimum Gasteiger partial charge on any atom is -0.379 e. The number of hydrogen-bond donors (Lipinski definition) is 1. The highest BCUT2D eigenvalue weighted by molar-refractivity contribution is 5.26. The maximum absolute atomic E-state index is 13.2. The average Bonchev–Trinajstić information content (AvgIpc) is 2.35. The van der Waals surface area contributed by atoms with E-state index >= 15 is 0 Å². The van der Waals surface area contributed by atoms with Crippen LogP contribution in [0.1, 0.15) is 37.8 Å². The number of nitrogens with one attached hydrogen (secondary N) is 1. The number of unbranched alkanes of at least 4 members (excludes halogenated alkanes) is 1. The molecule has 0 bridgehead atoms. The van der Waals surface area contributed by atoms with Crippen molar-refractivity contribution in [1.82, 2.24) is 5.32 Å². The number of benzene rings is 1. The normalized spacial score (nSPS) is 12.1. The van der Waals surface area contributed by atoms with Crippen molar-refractivity contribution in [3.05, 3.63) is 35.1 Å². The summed E-state index contributed by atoms with van der Waals surface area (Å²) in [7, 11) is 0. The summed E-state index contributed by atoms with van der Waals surface area (Å²) in [5.41, 5.74) is -0.662. The van der Waals surface area contributed by atoms with Gasteiger partial charge in [-0.15, -0.1) is 0 Å². The van der Waals surface area contributed by atoms with Gasteiger partial charge in [-0.1, -0.05) is 0 Å². The van der Waals surface area contributed by atoms with Crippen molar-refractivity contribution in [3.8, 4) is 0 Å². The highest BCUT2D eigenvalue weighted by Crippen LogP contribution is 2.30. The fourth-order valence-corrected chi connectivity index (χ4v) is 1.82. The lowest BCUT2D eigenvalue weighted by atomic mass is 10.1. The summed E-state index contributed by atoms with van der Waals surface area (Å²) in [4.78, 5) is 0. The Balaban J connectivity index is 2.34. The van der Waals surface area contributed by atoms with Gasteiger partial charge in [-0.05, 0) is 57.0 Å². The molecule has 0 saturated carbocycles. The lowest BCUT2D eigenvalue weighted by Crippen LogP contribution is -2.16. The van der Waals surface area contributed by atoms with E-state index in [0.717, 1.165) is 25.0 Å². The van der Waals surface area contributed by atoms with Crippen molar-refractivity contribution in [2.45, 2.75) is 45.5 Å². The molecule has 21 heavy (non-hydrogen) atoms. The monoisotopic (exact) mass is 307 g/mol. The van der Waals surface area contributed by atoms with Crippen LogP contribution < -0.4 is 5.32 Å². The van der Waals surface area contributed by atoms with Crippen molar-refractivity contribution in [1.29, 1.82) is 0 Å². The van der Waals surface area contributed by atoms with Crippen LogP contribution in [0.2, 0.25) is 0 Å². The summed E-state index contributed by atoms with van der Waals surface area (Å²) in [5, 5.41) is 3.01. The minimum atomic E-state index is -4.52. The molecule has 0 aliphatic carbocycles. The molecule has 1 N–H and O–H groups in total. The molecule has 0 unspecified atom stereocenters. The number of rotatable bonds is 8. The summed E-state index contributed by atoms with van der Waals surface area (Å²) >= 11 is 0. The van der Waals surface area contributed by atoms with Gasteiger partial charge in [0.1, 0.15) is 5.82 Å². The first-order valence-corrected chi connectivity index (χ1v) is 6.98. The summed E-state index contributed by atoms with van der Waals surface area (Å²) in [5.74, 6) is -0.869. The van der Waals surface area contributed by atoms with E-state index < -0.39 is 17.6 Å². The summed E-state index contributed by atoms with van der Waals surface area (Å²) in [6.45, 7) is 5.45. The smallest absolute Gasteiger partial charge is 0.379 e. The Morgan fingerprint density at radius 2 is 1.86 bits per heavy atom. The first kappa shape index (κ1) is 17.9. The highest BCUT2D eigenvalue weighted by Gasteiger charge is 2.31. The molecular formula is C15H21F4NO. The molecule has 0 aliphatic rings. The van der Waals surface area contributed by atoms with Gasteiger partial charge in [0.15, 0.2) is 0 Å². The van der Waals surface area contributed by atoms with E-state index in [1.807, 2.05) is 13.8 Å². The van der Waals surface area contributed by atoms with Gasteiger partial charge in [0, 0.05) is 13.2 Å². The maximum atomic E-state index is 13.2. The molecule has 1 aromatic rings. The standard InChI is InChI=1S/C15H21F4NO/c1-11(2)21-6-4-3-5-20-10-12-7-13(15(17,18)19)9-14(16)8-12/h7-9,11,20H,3-6,10H2,1-2H3. The summed E-state index contributed by atoms with van der Waals surface area (Å²) in [6, 6.07) is 2.59. The predicted molar refractivity (Wildman–Crippen MR) is 73.4 cm³/mol. The molecule has 2 nitrogen and oxygen atoms in total. The van der Waals surface area contributed by atoms with Gasteiger partial charge in [0.05, 0.1) is 11.7 Å². The predicted octanol–water partition coefficient (Wildman–Crippen LogP) is 4.14. The fourth-order valence-electron chi connectivity index (χ4n) is 1.82. The number of alkyl halides is 3. The zero-order chi connectivity index (χ0) is 15.9. The molecule has 1 aromatic carbocycles. The van der Waals surface area contributed by atoms with Crippen LogP contribution in [0, 0.1) is 5.82 Å². The molecule has 0 fully saturated rings. The third-order valence-corrected chi connectivity index (χ3v) is 2.81. The average molecular weight is 307 g/mol. The molecule has 0 aromatic heterocycles.